The molecule has 1 amide bonds. The highest BCUT2D eigenvalue weighted by Crippen LogP contribution is 2.24. The Hall–Kier alpha value is -1.81. The van der Waals surface area contributed by atoms with E-state index >= 15 is 0 Å². The number of rotatable bonds is 3. The molecule has 104 valence electrons. The third-order valence-electron chi connectivity index (χ3n) is 3.74. The molecule has 2 N–H and O–H groups in total. The molecule has 1 aliphatic rings. The molecule has 0 fully saturated rings. The number of nitrogen functional groups attached to an aromatic ring is 1. The van der Waals surface area contributed by atoms with Crippen LogP contribution in [0.2, 0.25) is 0 Å². The topological polar surface area (TPSA) is 46.3 Å². The number of benzene rings is 1. The Balaban J connectivity index is 1.58. The summed E-state index contributed by atoms with van der Waals surface area (Å²) in [7, 11) is 0. The second kappa shape index (κ2) is 5.67. The highest BCUT2D eigenvalue weighted by molar-refractivity contribution is 7.10. The molecule has 3 nitrogen and oxygen atoms in total. The molecule has 0 atom stereocenters. The molecule has 1 aromatic heterocycles. The number of hydrogen-bond donors (Lipinski definition) is 1. The van der Waals surface area contributed by atoms with E-state index in [0.717, 1.165) is 37.2 Å². The zero-order valence-corrected chi connectivity index (χ0v) is 12.2. The summed E-state index contributed by atoms with van der Waals surface area (Å²) in [4.78, 5) is 15.7. The van der Waals surface area contributed by atoms with E-state index in [9.17, 15) is 4.79 Å². The van der Waals surface area contributed by atoms with Crippen LogP contribution in [0.1, 0.15) is 22.4 Å². The van der Waals surface area contributed by atoms with Crippen LogP contribution in [-0.4, -0.2) is 17.4 Å². The molecule has 0 radical (unpaired) electrons. The molecule has 1 aliphatic heterocycles. The summed E-state index contributed by atoms with van der Waals surface area (Å²) < 4.78 is 0. The smallest absolute Gasteiger partial charge is 0.223 e. The lowest BCUT2D eigenvalue weighted by atomic mass is 10.1. The van der Waals surface area contributed by atoms with Crippen LogP contribution in [0, 0.1) is 0 Å². The highest BCUT2D eigenvalue weighted by Gasteiger charge is 2.20. The predicted molar refractivity (Wildman–Crippen MR) is 82.6 cm³/mol. The van der Waals surface area contributed by atoms with Crippen LogP contribution in [0.3, 0.4) is 0 Å². The minimum atomic E-state index is 0.240. The Labute approximate surface area is 123 Å². The summed E-state index contributed by atoms with van der Waals surface area (Å²) in [6.07, 6.45) is 2.32. The van der Waals surface area contributed by atoms with Gasteiger partial charge in [-0.15, -0.1) is 11.3 Å². The third kappa shape index (κ3) is 2.85. The highest BCUT2D eigenvalue weighted by atomic mass is 32.1. The molecule has 20 heavy (non-hydrogen) atoms. The van der Waals surface area contributed by atoms with Crippen molar-refractivity contribution in [2.45, 2.75) is 25.8 Å². The van der Waals surface area contributed by atoms with Crippen molar-refractivity contribution in [3.05, 3.63) is 51.7 Å². The van der Waals surface area contributed by atoms with Gasteiger partial charge in [-0.1, -0.05) is 12.1 Å². The number of thiophene rings is 1. The fraction of sp³-hybridized carbons (Fsp3) is 0.312. The molecule has 0 saturated heterocycles. The van der Waals surface area contributed by atoms with E-state index in [1.165, 1.54) is 10.4 Å². The third-order valence-corrected chi connectivity index (χ3v) is 4.76. The molecule has 1 aromatic carbocycles. The van der Waals surface area contributed by atoms with Crippen molar-refractivity contribution < 1.29 is 4.79 Å². The lowest BCUT2D eigenvalue weighted by Crippen LogP contribution is -2.35. The lowest BCUT2D eigenvalue weighted by molar-refractivity contribution is -0.132. The zero-order chi connectivity index (χ0) is 13.9. The van der Waals surface area contributed by atoms with Gasteiger partial charge >= 0.3 is 0 Å². The van der Waals surface area contributed by atoms with E-state index in [1.54, 1.807) is 11.3 Å². The molecule has 3 rings (SSSR count). The van der Waals surface area contributed by atoms with Gasteiger partial charge in [-0.3, -0.25) is 4.79 Å². The van der Waals surface area contributed by atoms with Gasteiger partial charge < -0.3 is 10.6 Å². The average molecular weight is 286 g/mol. The predicted octanol–water partition coefficient (Wildman–Crippen LogP) is 2.85. The van der Waals surface area contributed by atoms with Crippen LogP contribution < -0.4 is 5.73 Å². The van der Waals surface area contributed by atoms with Gasteiger partial charge in [-0.25, -0.2) is 0 Å². The summed E-state index contributed by atoms with van der Waals surface area (Å²) in [6.45, 7) is 1.62. The quantitative estimate of drug-likeness (QED) is 0.882. The van der Waals surface area contributed by atoms with Crippen LogP contribution in [-0.2, 0) is 24.2 Å². The minimum absolute atomic E-state index is 0.240. The van der Waals surface area contributed by atoms with Crippen molar-refractivity contribution in [2.24, 2.45) is 0 Å². The van der Waals surface area contributed by atoms with E-state index in [4.69, 9.17) is 5.73 Å². The monoisotopic (exact) mass is 286 g/mol. The first-order chi connectivity index (χ1) is 9.72. The summed E-state index contributed by atoms with van der Waals surface area (Å²) in [6, 6.07) is 9.91. The van der Waals surface area contributed by atoms with Crippen molar-refractivity contribution in [3.8, 4) is 0 Å². The van der Waals surface area contributed by atoms with Gasteiger partial charge in [0.05, 0.1) is 0 Å². The van der Waals surface area contributed by atoms with E-state index in [2.05, 4.69) is 11.4 Å². The molecule has 0 saturated carbocycles. The van der Waals surface area contributed by atoms with Crippen LogP contribution in [0.15, 0.2) is 35.7 Å². The number of fused-ring (bicyclic) bond motifs is 1. The molecule has 4 heteroatoms. The average Bonchev–Trinajstić information content (AvgIpc) is 2.92. The van der Waals surface area contributed by atoms with Crippen molar-refractivity contribution in [2.75, 3.05) is 12.3 Å². The molecule has 0 aliphatic carbocycles. The Morgan fingerprint density at radius 3 is 3.10 bits per heavy atom. The van der Waals surface area contributed by atoms with Crippen molar-refractivity contribution in [3.63, 3.8) is 0 Å². The van der Waals surface area contributed by atoms with Crippen LogP contribution in [0.25, 0.3) is 0 Å². The Kier molecular flexibility index (Phi) is 3.74. The Morgan fingerprint density at radius 2 is 2.25 bits per heavy atom. The number of amides is 1. The zero-order valence-electron chi connectivity index (χ0n) is 11.3. The Bertz CT molecular complexity index is 620. The second-order valence-corrected chi connectivity index (χ2v) is 6.18. The van der Waals surface area contributed by atoms with E-state index in [0.29, 0.717) is 6.42 Å². The molecular weight excluding hydrogens is 268 g/mol. The van der Waals surface area contributed by atoms with Gasteiger partial charge in [0.15, 0.2) is 0 Å². The SMILES string of the molecule is Nc1cccc(CCC(=O)N2CCc3sccc3C2)c1. The van der Waals surface area contributed by atoms with Crippen LogP contribution >= 0.6 is 11.3 Å². The summed E-state index contributed by atoms with van der Waals surface area (Å²) in [5.74, 6) is 0.240. The van der Waals surface area contributed by atoms with Gasteiger partial charge in [0.1, 0.15) is 0 Å². The molecule has 0 unspecified atom stereocenters. The van der Waals surface area contributed by atoms with Crippen LogP contribution in [0.5, 0.6) is 0 Å². The number of anilines is 1. The largest absolute Gasteiger partial charge is 0.399 e. The molecule has 0 spiro atoms. The molecule has 0 bridgehead atoms. The standard InChI is InChI=1S/C16H18N2OS/c17-14-3-1-2-12(10-14)4-5-16(19)18-8-6-15-13(11-18)7-9-20-15/h1-3,7,9-10H,4-6,8,11,17H2. The van der Waals surface area contributed by atoms with Crippen LogP contribution in [0.4, 0.5) is 5.69 Å². The van der Waals surface area contributed by atoms with Gasteiger partial charge in [0, 0.05) is 30.1 Å². The van der Waals surface area contributed by atoms with E-state index in [-0.39, 0.29) is 5.91 Å². The number of hydrogen-bond acceptors (Lipinski definition) is 3. The maximum Gasteiger partial charge on any atom is 0.223 e. The Morgan fingerprint density at radius 1 is 1.35 bits per heavy atom. The molecular formula is C16H18N2OS. The summed E-state index contributed by atoms with van der Waals surface area (Å²) in [5.41, 5.74) is 8.96. The number of carbonyl (C=O) groups is 1. The van der Waals surface area contributed by atoms with Gasteiger partial charge in [0.25, 0.3) is 0 Å². The van der Waals surface area contributed by atoms with Gasteiger partial charge in [-0.2, -0.15) is 0 Å². The second-order valence-electron chi connectivity index (χ2n) is 5.18. The fourth-order valence-corrected chi connectivity index (χ4v) is 3.51. The van der Waals surface area contributed by atoms with Crippen molar-refractivity contribution >= 4 is 22.9 Å². The number of carbonyl (C=O) groups excluding carboxylic acids is 1. The first kappa shape index (κ1) is 13.2. The maximum absolute atomic E-state index is 12.3. The molecule has 2 heterocycles. The summed E-state index contributed by atoms with van der Waals surface area (Å²) in [5, 5.41) is 2.12. The normalized spacial score (nSPS) is 14.1. The van der Waals surface area contributed by atoms with Crippen molar-refractivity contribution in [1.82, 2.24) is 4.90 Å². The van der Waals surface area contributed by atoms with Gasteiger partial charge in [0.2, 0.25) is 5.91 Å². The van der Waals surface area contributed by atoms with E-state index in [1.807, 2.05) is 29.2 Å². The molecule has 2 aromatic rings. The number of nitrogens with zero attached hydrogens (tertiary/aromatic N) is 1. The fourth-order valence-electron chi connectivity index (χ4n) is 2.62. The van der Waals surface area contributed by atoms with E-state index < -0.39 is 0 Å². The first-order valence-corrected chi connectivity index (χ1v) is 7.78. The van der Waals surface area contributed by atoms with Crippen molar-refractivity contribution in [1.29, 1.82) is 0 Å². The first-order valence-electron chi connectivity index (χ1n) is 6.90. The minimum Gasteiger partial charge on any atom is -0.399 e. The number of aryl methyl sites for hydroxylation is 1. The summed E-state index contributed by atoms with van der Waals surface area (Å²) >= 11 is 1.80. The van der Waals surface area contributed by atoms with Gasteiger partial charge in [-0.05, 0) is 47.5 Å². The lowest BCUT2D eigenvalue weighted by Gasteiger charge is -2.27. The maximum atomic E-state index is 12.3. The number of nitrogens with two attached hydrogens (primary N) is 1.